The average Bonchev–Trinajstić information content (AvgIpc) is 2.85. The second-order valence-corrected chi connectivity index (χ2v) is 6.89. The summed E-state index contributed by atoms with van der Waals surface area (Å²) in [6.07, 6.45) is -0.795. The van der Waals surface area contributed by atoms with Crippen LogP contribution in [-0.4, -0.2) is 56.4 Å². The third-order valence-electron chi connectivity index (χ3n) is 3.63. The molecule has 0 bridgehead atoms. The van der Waals surface area contributed by atoms with E-state index < -0.39 is 26.8 Å². The van der Waals surface area contributed by atoms with Crippen molar-refractivity contribution in [2.75, 3.05) is 20.8 Å². The highest BCUT2D eigenvalue weighted by molar-refractivity contribution is 7.93. The minimum atomic E-state index is -4.18. The lowest BCUT2D eigenvalue weighted by Crippen LogP contribution is -2.55. The highest BCUT2D eigenvalue weighted by atomic mass is 32.2. The number of carbonyl (C=O) groups is 1. The Hall–Kier alpha value is -1.48. The summed E-state index contributed by atoms with van der Waals surface area (Å²) in [5.41, 5.74) is 0. The van der Waals surface area contributed by atoms with Gasteiger partial charge in [0.05, 0.1) is 24.7 Å². The Morgan fingerprint density at radius 2 is 1.95 bits per heavy atom. The molecule has 0 unspecified atom stereocenters. The summed E-state index contributed by atoms with van der Waals surface area (Å²) in [6.45, 7) is -0.0995. The van der Waals surface area contributed by atoms with Crippen LogP contribution in [0, 0.1) is 0 Å². The van der Waals surface area contributed by atoms with Crippen LogP contribution < -0.4 is 0 Å². The molecule has 0 amide bonds. The van der Waals surface area contributed by atoms with Crippen molar-refractivity contribution in [1.82, 2.24) is 5.06 Å². The molecule has 1 fully saturated rings. The fourth-order valence-corrected chi connectivity index (χ4v) is 4.44. The maximum absolute atomic E-state index is 12.9. The van der Waals surface area contributed by atoms with Crippen molar-refractivity contribution in [1.29, 1.82) is 0 Å². The van der Waals surface area contributed by atoms with Crippen LogP contribution in [0.3, 0.4) is 0 Å². The van der Waals surface area contributed by atoms with E-state index >= 15 is 0 Å². The van der Waals surface area contributed by atoms with Gasteiger partial charge >= 0.3 is 5.97 Å². The lowest BCUT2D eigenvalue weighted by molar-refractivity contribution is -0.171. The van der Waals surface area contributed by atoms with E-state index in [-0.39, 0.29) is 17.9 Å². The van der Waals surface area contributed by atoms with Crippen LogP contribution in [0.2, 0.25) is 0 Å². The Morgan fingerprint density at radius 3 is 2.43 bits per heavy atom. The summed E-state index contributed by atoms with van der Waals surface area (Å²) in [5, 5.41) is 10.6. The molecule has 21 heavy (non-hydrogen) atoms. The smallest absolute Gasteiger partial charge is 0.344 e. The van der Waals surface area contributed by atoms with Gasteiger partial charge in [-0.25, -0.2) is 13.2 Å². The predicted octanol–water partition coefficient (Wildman–Crippen LogP) is 0.439. The Morgan fingerprint density at radius 1 is 1.33 bits per heavy atom. The molecule has 1 heterocycles. The second-order valence-electron chi connectivity index (χ2n) is 4.74. The van der Waals surface area contributed by atoms with E-state index in [1.165, 1.54) is 19.2 Å². The van der Waals surface area contributed by atoms with E-state index in [0.29, 0.717) is 5.06 Å². The van der Waals surface area contributed by atoms with Gasteiger partial charge in [0.25, 0.3) is 4.87 Å². The average molecular weight is 315 g/mol. The maximum atomic E-state index is 12.9. The van der Waals surface area contributed by atoms with Gasteiger partial charge in [0.2, 0.25) is 9.84 Å². The Kier molecular flexibility index (Phi) is 4.33. The molecule has 2 rings (SSSR count). The molecule has 0 aliphatic carbocycles. The van der Waals surface area contributed by atoms with Crippen LogP contribution in [-0.2, 0) is 24.1 Å². The number of benzene rings is 1. The molecule has 7 nitrogen and oxygen atoms in total. The van der Waals surface area contributed by atoms with Crippen LogP contribution >= 0.6 is 0 Å². The maximum Gasteiger partial charge on any atom is 0.344 e. The Balaban J connectivity index is 2.60. The van der Waals surface area contributed by atoms with Crippen molar-refractivity contribution < 1.29 is 27.9 Å². The van der Waals surface area contributed by atoms with Crippen molar-refractivity contribution in [3.05, 3.63) is 30.3 Å². The molecule has 8 heteroatoms. The molecule has 0 radical (unpaired) electrons. The number of ether oxygens (including phenoxy) is 2. The van der Waals surface area contributed by atoms with Gasteiger partial charge in [-0.05, 0) is 12.1 Å². The van der Waals surface area contributed by atoms with Gasteiger partial charge in [-0.2, -0.15) is 5.06 Å². The summed E-state index contributed by atoms with van der Waals surface area (Å²) in [7, 11) is -1.71. The lowest BCUT2D eigenvalue weighted by atomic mass is 10.2. The zero-order valence-electron chi connectivity index (χ0n) is 11.7. The predicted molar refractivity (Wildman–Crippen MR) is 72.3 cm³/mol. The van der Waals surface area contributed by atoms with Gasteiger partial charge in [0, 0.05) is 13.5 Å². The third-order valence-corrected chi connectivity index (χ3v) is 5.96. The monoisotopic (exact) mass is 315 g/mol. The minimum absolute atomic E-state index is 0.0637. The summed E-state index contributed by atoms with van der Waals surface area (Å²) < 4.78 is 35.5. The fourth-order valence-electron chi connectivity index (χ4n) is 2.48. The zero-order valence-corrected chi connectivity index (χ0v) is 12.5. The van der Waals surface area contributed by atoms with Crippen molar-refractivity contribution >= 4 is 15.8 Å². The van der Waals surface area contributed by atoms with Gasteiger partial charge in [0.1, 0.15) is 0 Å². The first-order valence-corrected chi connectivity index (χ1v) is 7.76. The van der Waals surface area contributed by atoms with Crippen LogP contribution in [0.25, 0.3) is 0 Å². The van der Waals surface area contributed by atoms with Crippen LogP contribution in [0.5, 0.6) is 0 Å². The molecule has 116 valence electrons. The number of nitrogens with zero attached hydrogens (tertiary/aromatic N) is 1. The normalized spacial score (nSPS) is 26.7. The summed E-state index contributed by atoms with van der Waals surface area (Å²) in [4.78, 5) is 9.91. The SMILES string of the molecule is COC(=O)[C@@]1(S(=O)(=O)c2ccccc2)C[C@H](OC)CN1O. The molecule has 1 aromatic rings. The molecule has 1 aliphatic heterocycles. The minimum Gasteiger partial charge on any atom is -0.467 e. The Labute approximate surface area is 123 Å². The van der Waals surface area contributed by atoms with Crippen LogP contribution in [0.15, 0.2) is 35.2 Å². The van der Waals surface area contributed by atoms with Crippen molar-refractivity contribution in [3.8, 4) is 0 Å². The third kappa shape index (κ3) is 2.34. The number of hydrogen-bond donors (Lipinski definition) is 1. The highest BCUT2D eigenvalue weighted by Gasteiger charge is 2.62. The zero-order chi connectivity index (χ0) is 15.7. The lowest BCUT2D eigenvalue weighted by Gasteiger charge is -2.30. The number of hydrogen-bond acceptors (Lipinski definition) is 7. The Bertz CT molecular complexity index is 617. The van der Waals surface area contributed by atoms with Crippen molar-refractivity contribution in [2.24, 2.45) is 0 Å². The van der Waals surface area contributed by atoms with Crippen molar-refractivity contribution in [2.45, 2.75) is 22.3 Å². The highest BCUT2D eigenvalue weighted by Crippen LogP contribution is 2.39. The van der Waals surface area contributed by atoms with E-state index in [2.05, 4.69) is 4.74 Å². The number of hydroxylamine groups is 2. The van der Waals surface area contributed by atoms with Crippen LogP contribution in [0.4, 0.5) is 0 Å². The van der Waals surface area contributed by atoms with E-state index in [1.807, 2.05) is 0 Å². The second kappa shape index (κ2) is 5.72. The number of esters is 1. The van der Waals surface area contributed by atoms with Crippen molar-refractivity contribution in [3.63, 3.8) is 0 Å². The van der Waals surface area contributed by atoms with Gasteiger partial charge in [-0.1, -0.05) is 18.2 Å². The number of methoxy groups -OCH3 is 2. The first-order valence-electron chi connectivity index (χ1n) is 6.27. The molecule has 0 aromatic heterocycles. The molecular weight excluding hydrogens is 298 g/mol. The quantitative estimate of drug-likeness (QED) is 0.806. The van der Waals surface area contributed by atoms with Crippen LogP contribution in [0.1, 0.15) is 6.42 Å². The summed E-state index contributed by atoms with van der Waals surface area (Å²) >= 11 is 0. The summed E-state index contributed by atoms with van der Waals surface area (Å²) in [6, 6.07) is 7.49. The first-order chi connectivity index (χ1) is 9.90. The largest absolute Gasteiger partial charge is 0.467 e. The summed E-state index contributed by atoms with van der Waals surface area (Å²) in [5.74, 6) is -1.03. The first kappa shape index (κ1) is 15.9. The molecule has 0 spiro atoms. The van der Waals surface area contributed by atoms with E-state index in [9.17, 15) is 18.4 Å². The number of carbonyl (C=O) groups excluding carboxylic acids is 1. The molecule has 1 saturated heterocycles. The number of sulfone groups is 1. The van der Waals surface area contributed by atoms with Gasteiger partial charge in [-0.3, -0.25) is 0 Å². The topological polar surface area (TPSA) is 93.1 Å². The van der Waals surface area contributed by atoms with Gasteiger partial charge in [-0.15, -0.1) is 0 Å². The number of rotatable bonds is 4. The van der Waals surface area contributed by atoms with E-state index in [0.717, 1.165) is 7.11 Å². The molecule has 1 aliphatic rings. The van der Waals surface area contributed by atoms with Gasteiger partial charge in [0.15, 0.2) is 0 Å². The van der Waals surface area contributed by atoms with E-state index in [1.54, 1.807) is 18.2 Å². The standard InChI is InChI=1S/C13H17NO6S/c1-19-10-8-13(12(15)20-2,14(16)9-10)21(17,18)11-6-4-3-5-7-11/h3-7,10,16H,8-9H2,1-2H3/t10-,13-/m0/s1. The molecular formula is C13H17NO6S. The molecule has 1 aromatic carbocycles. The molecule has 2 atom stereocenters. The molecule has 1 N–H and O–H groups in total. The van der Waals surface area contributed by atoms with Gasteiger partial charge < -0.3 is 14.7 Å². The van der Waals surface area contributed by atoms with E-state index in [4.69, 9.17) is 4.74 Å². The molecule has 0 saturated carbocycles. The fraction of sp³-hybridized carbons (Fsp3) is 0.462.